The topological polar surface area (TPSA) is 9.23 Å². The maximum Gasteiger partial charge on any atom is 0.118 e. The summed E-state index contributed by atoms with van der Waals surface area (Å²) in [5, 5.41) is 0. The normalized spacial score (nSPS) is 8.77. The second kappa shape index (κ2) is 5.27. The molecular weight excluding hydrogens is 160 g/mol. The molecule has 0 amide bonds. The Morgan fingerprint density at radius 2 is 1.92 bits per heavy atom. The van der Waals surface area contributed by atoms with Gasteiger partial charge in [-0.3, -0.25) is 0 Å². The molecule has 0 bridgehead atoms. The lowest BCUT2D eigenvalue weighted by atomic mass is 10.2. The first-order valence-corrected chi connectivity index (χ1v) is 4.49. The summed E-state index contributed by atoms with van der Waals surface area (Å²) >= 11 is 0. The first kappa shape index (κ1) is 9.67. The molecule has 0 heterocycles. The van der Waals surface area contributed by atoms with Crippen LogP contribution in [0, 0.1) is 11.8 Å². The smallest absolute Gasteiger partial charge is 0.118 e. The number of unbranched alkanes of at least 4 members (excludes halogenated alkanes) is 1. The van der Waals surface area contributed by atoms with Crippen molar-refractivity contribution in [3.63, 3.8) is 0 Å². The lowest BCUT2D eigenvalue weighted by Crippen LogP contribution is -1.81. The Labute approximate surface area is 79.7 Å². The van der Waals surface area contributed by atoms with Gasteiger partial charge >= 0.3 is 0 Å². The number of hydrogen-bond acceptors (Lipinski definition) is 1. The van der Waals surface area contributed by atoms with Gasteiger partial charge in [0.15, 0.2) is 0 Å². The number of hydrogen-bond donors (Lipinski definition) is 0. The van der Waals surface area contributed by atoms with Gasteiger partial charge in [0, 0.05) is 12.0 Å². The fourth-order valence-corrected chi connectivity index (χ4v) is 0.964. The van der Waals surface area contributed by atoms with Crippen molar-refractivity contribution < 1.29 is 4.74 Å². The van der Waals surface area contributed by atoms with E-state index in [4.69, 9.17) is 4.74 Å². The molecule has 0 fully saturated rings. The van der Waals surface area contributed by atoms with Crippen LogP contribution < -0.4 is 4.74 Å². The maximum absolute atomic E-state index is 5.05. The summed E-state index contributed by atoms with van der Waals surface area (Å²) in [6, 6.07) is 7.80. The summed E-state index contributed by atoms with van der Waals surface area (Å²) in [5.74, 6) is 7.07. The van der Waals surface area contributed by atoms with E-state index in [0.717, 1.165) is 24.2 Å². The van der Waals surface area contributed by atoms with E-state index in [-0.39, 0.29) is 0 Å². The number of ether oxygens (including phenoxy) is 1. The van der Waals surface area contributed by atoms with Crippen molar-refractivity contribution in [3.05, 3.63) is 29.8 Å². The Morgan fingerprint density at radius 3 is 2.46 bits per heavy atom. The van der Waals surface area contributed by atoms with Crippen LogP contribution in [-0.2, 0) is 0 Å². The number of methoxy groups -OCH3 is 1. The van der Waals surface area contributed by atoms with Crippen molar-refractivity contribution in [1.29, 1.82) is 0 Å². The third kappa shape index (κ3) is 3.21. The van der Waals surface area contributed by atoms with E-state index >= 15 is 0 Å². The fraction of sp³-hybridized carbons (Fsp3) is 0.333. The van der Waals surface area contributed by atoms with Crippen LogP contribution >= 0.6 is 0 Å². The fourth-order valence-electron chi connectivity index (χ4n) is 0.964. The van der Waals surface area contributed by atoms with E-state index < -0.39 is 0 Å². The van der Waals surface area contributed by atoms with E-state index in [1.807, 2.05) is 24.3 Å². The zero-order valence-electron chi connectivity index (χ0n) is 8.13. The SMILES string of the molecule is CCCC#Cc1ccc(OC)cc1. The molecular formula is C12H14O. The third-order valence-corrected chi connectivity index (χ3v) is 1.70. The highest BCUT2D eigenvalue weighted by Crippen LogP contribution is 2.10. The average Bonchev–Trinajstić information content (AvgIpc) is 2.19. The van der Waals surface area contributed by atoms with Crippen LogP contribution in [0.2, 0.25) is 0 Å². The minimum Gasteiger partial charge on any atom is -0.497 e. The molecule has 0 aromatic heterocycles. The van der Waals surface area contributed by atoms with Crippen LogP contribution in [0.25, 0.3) is 0 Å². The number of rotatable bonds is 2. The first-order chi connectivity index (χ1) is 6.36. The molecule has 0 N–H and O–H groups in total. The minimum absolute atomic E-state index is 0.876. The minimum atomic E-state index is 0.876. The van der Waals surface area contributed by atoms with Crippen molar-refractivity contribution in [2.24, 2.45) is 0 Å². The first-order valence-electron chi connectivity index (χ1n) is 4.49. The molecule has 1 nitrogen and oxygen atoms in total. The highest BCUT2D eigenvalue weighted by molar-refractivity contribution is 5.38. The second-order valence-corrected chi connectivity index (χ2v) is 2.78. The van der Waals surface area contributed by atoms with Crippen molar-refractivity contribution in [2.75, 3.05) is 7.11 Å². The quantitative estimate of drug-likeness (QED) is 0.626. The van der Waals surface area contributed by atoms with Crippen LogP contribution in [-0.4, -0.2) is 7.11 Å². The summed E-state index contributed by atoms with van der Waals surface area (Å²) in [6.07, 6.45) is 2.08. The Morgan fingerprint density at radius 1 is 1.23 bits per heavy atom. The molecule has 0 atom stereocenters. The van der Waals surface area contributed by atoms with Crippen molar-refractivity contribution >= 4 is 0 Å². The summed E-state index contributed by atoms with van der Waals surface area (Å²) in [7, 11) is 1.66. The van der Waals surface area contributed by atoms with Crippen molar-refractivity contribution in [1.82, 2.24) is 0 Å². The Balaban J connectivity index is 2.65. The molecule has 0 unspecified atom stereocenters. The summed E-state index contributed by atoms with van der Waals surface area (Å²) in [4.78, 5) is 0. The predicted molar refractivity (Wildman–Crippen MR) is 54.8 cm³/mol. The predicted octanol–water partition coefficient (Wildman–Crippen LogP) is 2.85. The van der Waals surface area contributed by atoms with Gasteiger partial charge in [0.05, 0.1) is 7.11 Å². The molecule has 0 aliphatic rings. The van der Waals surface area contributed by atoms with E-state index in [2.05, 4.69) is 18.8 Å². The second-order valence-electron chi connectivity index (χ2n) is 2.78. The lowest BCUT2D eigenvalue weighted by Gasteiger charge is -1.97. The van der Waals surface area contributed by atoms with Crippen LogP contribution in [0.5, 0.6) is 5.75 Å². The molecule has 1 heteroatoms. The van der Waals surface area contributed by atoms with Gasteiger partial charge in [-0.05, 0) is 30.7 Å². The molecule has 0 radical (unpaired) electrons. The van der Waals surface area contributed by atoms with Gasteiger partial charge in [-0.2, -0.15) is 0 Å². The zero-order chi connectivity index (χ0) is 9.52. The highest BCUT2D eigenvalue weighted by atomic mass is 16.5. The van der Waals surface area contributed by atoms with Gasteiger partial charge in [-0.1, -0.05) is 18.8 Å². The number of benzene rings is 1. The van der Waals surface area contributed by atoms with E-state index in [1.165, 1.54) is 0 Å². The molecule has 0 aliphatic heterocycles. The average molecular weight is 174 g/mol. The summed E-state index contributed by atoms with van der Waals surface area (Å²) in [5.41, 5.74) is 1.05. The van der Waals surface area contributed by atoms with Crippen LogP contribution in [0.15, 0.2) is 24.3 Å². The molecule has 0 spiro atoms. The van der Waals surface area contributed by atoms with Gasteiger partial charge in [0.25, 0.3) is 0 Å². The summed E-state index contributed by atoms with van der Waals surface area (Å²) in [6.45, 7) is 2.13. The largest absolute Gasteiger partial charge is 0.497 e. The lowest BCUT2D eigenvalue weighted by molar-refractivity contribution is 0.415. The molecule has 1 aromatic rings. The van der Waals surface area contributed by atoms with E-state index in [1.54, 1.807) is 7.11 Å². The molecule has 1 rings (SSSR count). The maximum atomic E-state index is 5.05. The van der Waals surface area contributed by atoms with Gasteiger partial charge in [0.1, 0.15) is 5.75 Å². The van der Waals surface area contributed by atoms with Gasteiger partial charge in [0.2, 0.25) is 0 Å². The summed E-state index contributed by atoms with van der Waals surface area (Å²) < 4.78 is 5.05. The monoisotopic (exact) mass is 174 g/mol. The Kier molecular flexibility index (Phi) is 3.92. The van der Waals surface area contributed by atoms with E-state index in [0.29, 0.717) is 0 Å². The molecule has 0 saturated carbocycles. The molecule has 13 heavy (non-hydrogen) atoms. The van der Waals surface area contributed by atoms with Gasteiger partial charge < -0.3 is 4.74 Å². The highest BCUT2D eigenvalue weighted by Gasteiger charge is 1.88. The van der Waals surface area contributed by atoms with Gasteiger partial charge in [-0.15, -0.1) is 0 Å². The third-order valence-electron chi connectivity index (χ3n) is 1.70. The molecule has 0 saturated heterocycles. The Hall–Kier alpha value is -1.42. The van der Waals surface area contributed by atoms with E-state index in [9.17, 15) is 0 Å². The standard InChI is InChI=1S/C12H14O/c1-3-4-5-6-11-7-9-12(13-2)10-8-11/h7-10H,3-4H2,1-2H3. The van der Waals surface area contributed by atoms with Crippen LogP contribution in [0.1, 0.15) is 25.3 Å². The van der Waals surface area contributed by atoms with Crippen LogP contribution in [0.3, 0.4) is 0 Å². The van der Waals surface area contributed by atoms with Crippen molar-refractivity contribution in [3.8, 4) is 17.6 Å². The zero-order valence-corrected chi connectivity index (χ0v) is 8.13. The molecule has 0 aliphatic carbocycles. The van der Waals surface area contributed by atoms with Crippen molar-refractivity contribution in [2.45, 2.75) is 19.8 Å². The Bertz CT molecular complexity index is 300. The molecule has 68 valence electrons. The van der Waals surface area contributed by atoms with Gasteiger partial charge in [-0.25, -0.2) is 0 Å². The molecule has 1 aromatic carbocycles. The van der Waals surface area contributed by atoms with Crippen LogP contribution in [0.4, 0.5) is 0 Å².